The van der Waals surface area contributed by atoms with E-state index >= 15 is 0 Å². The summed E-state index contributed by atoms with van der Waals surface area (Å²) in [6, 6.07) is 3.96. The fourth-order valence-corrected chi connectivity index (χ4v) is 7.58. The Hall–Kier alpha value is -2.12. The van der Waals surface area contributed by atoms with Crippen molar-refractivity contribution in [2.75, 3.05) is 18.4 Å². The number of aliphatic hydroxyl groups is 1. The van der Waals surface area contributed by atoms with Crippen LogP contribution in [0.1, 0.15) is 63.0 Å². The van der Waals surface area contributed by atoms with Gasteiger partial charge in [0, 0.05) is 23.6 Å². The van der Waals surface area contributed by atoms with E-state index in [1.807, 2.05) is 13.0 Å². The molecule has 3 N–H and O–H groups in total. The standard InChI is InChI=1S/C26H33N3O4/c1-24(8-9-24)23(31)28-18-6-7-26(32)19-12-16-4-5-17(27-14-30)21-20(16)25(26,22(18)33-21)10-11-29(19)13-15-2-3-15/h4-5,14-15,18-19,22,32H,2-3,6-13H2,1H3,(H,27,30)(H,28,31)/t18?,19-,22?,25+,26-/m1/s1. The maximum atomic E-state index is 13.0. The van der Waals surface area contributed by atoms with Gasteiger partial charge < -0.3 is 20.5 Å². The Morgan fingerprint density at radius 3 is 2.79 bits per heavy atom. The zero-order valence-electron chi connectivity index (χ0n) is 19.2. The molecule has 1 aromatic rings. The Morgan fingerprint density at radius 2 is 2.06 bits per heavy atom. The van der Waals surface area contributed by atoms with E-state index in [9.17, 15) is 14.7 Å². The number of carbonyl (C=O) groups excluding carboxylic acids is 2. The van der Waals surface area contributed by atoms with Gasteiger partial charge in [-0.2, -0.15) is 0 Å². The van der Waals surface area contributed by atoms with Gasteiger partial charge in [0.25, 0.3) is 0 Å². The van der Waals surface area contributed by atoms with Crippen LogP contribution in [0, 0.1) is 11.3 Å². The summed E-state index contributed by atoms with van der Waals surface area (Å²) < 4.78 is 6.69. The number of ether oxygens (including phenoxy) is 1. The SMILES string of the molecule is CC1(C(=O)NC2CC[C@@]3(O)[C@H]4Cc5ccc(NC=O)c6c5[C@@]3(CCN4CC3CC3)C2O6)CC1. The number of benzene rings is 1. The van der Waals surface area contributed by atoms with Gasteiger partial charge in [0.15, 0.2) is 0 Å². The van der Waals surface area contributed by atoms with E-state index in [0.29, 0.717) is 30.7 Å². The second-order valence-electron chi connectivity index (χ2n) is 11.8. The number of anilines is 1. The van der Waals surface area contributed by atoms with Gasteiger partial charge in [0.1, 0.15) is 11.9 Å². The van der Waals surface area contributed by atoms with E-state index in [2.05, 4.69) is 21.6 Å². The summed E-state index contributed by atoms with van der Waals surface area (Å²) >= 11 is 0. The molecule has 6 aliphatic rings. The van der Waals surface area contributed by atoms with Crippen molar-refractivity contribution in [3.8, 4) is 5.75 Å². The number of rotatable bonds is 6. The highest BCUT2D eigenvalue weighted by molar-refractivity contribution is 5.85. The van der Waals surface area contributed by atoms with Gasteiger partial charge in [-0.05, 0) is 75.5 Å². The van der Waals surface area contributed by atoms with Crippen molar-refractivity contribution in [3.05, 3.63) is 23.3 Å². The minimum absolute atomic E-state index is 0.0684. The second kappa shape index (κ2) is 6.51. The summed E-state index contributed by atoms with van der Waals surface area (Å²) in [5, 5.41) is 18.7. The molecule has 4 fully saturated rings. The van der Waals surface area contributed by atoms with Crippen LogP contribution in [-0.4, -0.2) is 59.2 Å². The average Bonchev–Trinajstić information content (AvgIpc) is 3.71. The first-order valence-corrected chi connectivity index (χ1v) is 12.7. The van der Waals surface area contributed by atoms with Crippen LogP contribution in [0.3, 0.4) is 0 Å². The summed E-state index contributed by atoms with van der Waals surface area (Å²) in [6.07, 6.45) is 7.81. The van der Waals surface area contributed by atoms with Crippen LogP contribution < -0.4 is 15.4 Å². The van der Waals surface area contributed by atoms with Crippen LogP contribution in [0.2, 0.25) is 0 Å². The predicted molar refractivity (Wildman–Crippen MR) is 122 cm³/mol. The normalized spacial score (nSPS) is 39.3. The van der Waals surface area contributed by atoms with E-state index in [0.717, 1.165) is 50.3 Å². The number of nitrogens with zero attached hydrogens (tertiary/aromatic N) is 1. The molecule has 1 saturated heterocycles. The summed E-state index contributed by atoms with van der Waals surface area (Å²) in [4.78, 5) is 26.9. The molecule has 7 heteroatoms. The van der Waals surface area contributed by atoms with Crippen LogP contribution in [0.5, 0.6) is 5.75 Å². The highest BCUT2D eigenvalue weighted by Crippen LogP contribution is 2.65. The molecule has 0 aromatic heterocycles. The smallest absolute Gasteiger partial charge is 0.226 e. The molecule has 4 aliphatic carbocycles. The summed E-state index contributed by atoms with van der Waals surface area (Å²) in [6.45, 7) is 4.03. The highest BCUT2D eigenvalue weighted by atomic mass is 16.5. The minimum Gasteiger partial charge on any atom is -0.485 e. The van der Waals surface area contributed by atoms with Crippen molar-refractivity contribution in [1.29, 1.82) is 0 Å². The molecule has 2 bridgehead atoms. The van der Waals surface area contributed by atoms with Gasteiger partial charge in [-0.15, -0.1) is 0 Å². The molecule has 2 unspecified atom stereocenters. The van der Waals surface area contributed by atoms with Crippen LogP contribution in [-0.2, 0) is 21.4 Å². The lowest BCUT2D eigenvalue weighted by Gasteiger charge is -2.64. The number of likely N-dealkylation sites (tertiary alicyclic amines) is 1. The van der Waals surface area contributed by atoms with E-state index in [-0.39, 0.29) is 29.5 Å². The minimum atomic E-state index is -0.895. The Bertz CT molecular complexity index is 1050. The van der Waals surface area contributed by atoms with Gasteiger partial charge >= 0.3 is 0 Å². The van der Waals surface area contributed by atoms with Crippen molar-refractivity contribution in [1.82, 2.24) is 10.2 Å². The number of amides is 2. The lowest BCUT2D eigenvalue weighted by atomic mass is 9.48. The van der Waals surface area contributed by atoms with Crippen LogP contribution >= 0.6 is 0 Å². The molecule has 2 aliphatic heterocycles. The number of hydrogen-bond acceptors (Lipinski definition) is 5. The molecule has 33 heavy (non-hydrogen) atoms. The highest BCUT2D eigenvalue weighted by Gasteiger charge is 2.73. The monoisotopic (exact) mass is 451 g/mol. The first-order valence-electron chi connectivity index (χ1n) is 12.7. The maximum absolute atomic E-state index is 13.0. The topological polar surface area (TPSA) is 90.9 Å². The first kappa shape index (κ1) is 20.3. The molecule has 3 saturated carbocycles. The third-order valence-corrected chi connectivity index (χ3v) is 9.86. The number of piperidine rings is 1. The Labute approximate surface area is 194 Å². The summed E-state index contributed by atoms with van der Waals surface area (Å²) in [7, 11) is 0. The molecule has 2 heterocycles. The number of nitrogens with one attached hydrogen (secondary N) is 2. The zero-order chi connectivity index (χ0) is 22.6. The molecule has 7 rings (SSSR count). The van der Waals surface area contributed by atoms with Crippen molar-refractivity contribution in [2.24, 2.45) is 11.3 Å². The third kappa shape index (κ3) is 2.58. The van der Waals surface area contributed by atoms with Gasteiger partial charge in [-0.25, -0.2) is 0 Å². The first-order chi connectivity index (χ1) is 15.9. The van der Waals surface area contributed by atoms with Crippen LogP contribution in [0.15, 0.2) is 12.1 Å². The third-order valence-electron chi connectivity index (χ3n) is 9.86. The van der Waals surface area contributed by atoms with E-state index < -0.39 is 11.0 Å². The second-order valence-corrected chi connectivity index (χ2v) is 11.8. The molecular weight excluding hydrogens is 418 g/mol. The van der Waals surface area contributed by atoms with Crippen LogP contribution in [0.4, 0.5) is 5.69 Å². The fourth-order valence-electron chi connectivity index (χ4n) is 7.58. The average molecular weight is 452 g/mol. The summed E-state index contributed by atoms with van der Waals surface area (Å²) in [5.74, 6) is 1.58. The van der Waals surface area contributed by atoms with Gasteiger partial charge in [0.05, 0.1) is 22.7 Å². The van der Waals surface area contributed by atoms with Crippen molar-refractivity contribution < 1.29 is 19.4 Å². The fraction of sp³-hybridized carbons (Fsp3) is 0.692. The van der Waals surface area contributed by atoms with Crippen LogP contribution in [0.25, 0.3) is 0 Å². The van der Waals surface area contributed by atoms with Gasteiger partial charge in [-0.1, -0.05) is 13.0 Å². The number of carbonyl (C=O) groups is 2. The Balaban J connectivity index is 1.34. The van der Waals surface area contributed by atoms with Crippen molar-refractivity contribution >= 4 is 18.0 Å². The summed E-state index contributed by atoms with van der Waals surface area (Å²) in [5.41, 5.74) is 1.26. The van der Waals surface area contributed by atoms with Gasteiger partial charge in [0.2, 0.25) is 12.3 Å². The van der Waals surface area contributed by atoms with E-state index in [1.165, 1.54) is 18.4 Å². The maximum Gasteiger partial charge on any atom is 0.226 e. The Morgan fingerprint density at radius 1 is 1.24 bits per heavy atom. The zero-order valence-corrected chi connectivity index (χ0v) is 19.2. The van der Waals surface area contributed by atoms with E-state index in [1.54, 1.807) is 0 Å². The van der Waals surface area contributed by atoms with E-state index in [4.69, 9.17) is 4.74 Å². The van der Waals surface area contributed by atoms with Gasteiger partial charge in [-0.3, -0.25) is 14.5 Å². The molecule has 1 spiro atoms. The molecule has 176 valence electrons. The van der Waals surface area contributed by atoms with Crippen molar-refractivity contribution in [2.45, 2.75) is 87.5 Å². The molecule has 0 radical (unpaired) electrons. The molecular formula is C26H33N3O4. The molecule has 5 atom stereocenters. The molecule has 1 aromatic carbocycles. The quantitative estimate of drug-likeness (QED) is 0.577. The number of hydrogen-bond donors (Lipinski definition) is 3. The molecule has 7 nitrogen and oxygen atoms in total. The largest absolute Gasteiger partial charge is 0.485 e. The molecule has 2 amide bonds. The Kier molecular flexibility index (Phi) is 4.00. The predicted octanol–water partition coefficient (Wildman–Crippen LogP) is 2.10. The lowest BCUT2D eigenvalue weighted by molar-refractivity contribution is -0.192. The van der Waals surface area contributed by atoms with Crippen molar-refractivity contribution in [3.63, 3.8) is 0 Å². The lowest BCUT2D eigenvalue weighted by Crippen LogP contribution is -2.78.